The molecule has 0 atom stereocenters. The smallest absolute Gasteiger partial charge is 0.0952 e. The number of hydrogen-bond donors (Lipinski definition) is 0. The lowest BCUT2D eigenvalue weighted by Gasteiger charge is -2.19. The molecule has 26 heavy (non-hydrogen) atoms. The van der Waals surface area contributed by atoms with Crippen LogP contribution < -0.4 is 0 Å². The predicted molar refractivity (Wildman–Crippen MR) is 114 cm³/mol. The van der Waals surface area contributed by atoms with Crippen molar-refractivity contribution >= 4 is 5.71 Å². The number of nitrogens with zero attached hydrogens (tertiary/aromatic N) is 2. The molecule has 0 radical (unpaired) electrons. The van der Waals surface area contributed by atoms with Crippen molar-refractivity contribution in [1.29, 1.82) is 5.26 Å². The molecule has 1 aromatic rings. The van der Waals surface area contributed by atoms with Crippen molar-refractivity contribution < 1.29 is 0 Å². The highest BCUT2D eigenvalue weighted by Crippen LogP contribution is 2.25. The SMILES string of the molecule is C\N=C(/C=C\C(Cc1c(C)cc(C)cc1C)=C(\C#N)C(C)C)C(C)(C)C. The number of hydrogen-bond acceptors (Lipinski definition) is 2. The molecule has 0 saturated carbocycles. The van der Waals surface area contributed by atoms with Gasteiger partial charge in [0, 0.05) is 23.7 Å². The van der Waals surface area contributed by atoms with Gasteiger partial charge in [0.05, 0.1) is 6.07 Å². The van der Waals surface area contributed by atoms with E-state index in [1.54, 1.807) is 0 Å². The summed E-state index contributed by atoms with van der Waals surface area (Å²) in [5, 5.41) is 9.74. The van der Waals surface area contributed by atoms with E-state index >= 15 is 0 Å². The van der Waals surface area contributed by atoms with Gasteiger partial charge in [0.25, 0.3) is 0 Å². The number of benzene rings is 1. The average molecular weight is 351 g/mol. The maximum absolute atomic E-state index is 9.74. The molecule has 0 aliphatic heterocycles. The number of aryl methyl sites for hydroxylation is 3. The lowest BCUT2D eigenvalue weighted by atomic mass is 9.86. The number of allylic oxidation sites excluding steroid dienone is 4. The summed E-state index contributed by atoms with van der Waals surface area (Å²) >= 11 is 0. The van der Waals surface area contributed by atoms with Gasteiger partial charge < -0.3 is 0 Å². The van der Waals surface area contributed by atoms with E-state index in [4.69, 9.17) is 0 Å². The third-order valence-corrected chi connectivity index (χ3v) is 4.70. The highest BCUT2D eigenvalue weighted by atomic mass is 14.7. The van der Waals surface area contributed by atoms with Crippen LogP contribution in [0.4, 0.5) is 0 Å². The van der Waals surface area contributed by atoms with Crippen molar-refractivity contribution in [2.24, 2.45) is 16.3 Å². The van der Waals surface area contributed by atoms with Gasteiger partial charge in [-0.15, -0.1) is 0 Å². The van der Waals surface area contributed by atoms with Crippen LogP contribution in [-0.4, -0.2) is 12.8 Å². The summed E-state index contributed by atoms with van der Waals surface area (Å²) in [5.74, 6) is 0.197. The summed E-state index contributed by atoms with van der Waals surface area (Å²) in [5.41, 5.74) is 8.12. The minimum absolute atomic E-state index is 0.0172. The Kier molecular flexibility index (Phi) is 7.57. The molecule has 0 unspecified atom stereocenters. The summed E-state index contributed by atoms with van der Waals surface area (Å²) in [4.78, 5) is 4.44. The second kappa shape index (κ2) is 8.99. The molecule has 2 nitrogen and oxygen atoms in total. The molecule has 1 aromatic carbocycles. The molecule has 0 amide bonds. The first-order chi connectivity index (χ1) is 12.0. The topological polar surface area (TPSA) is 36.1 Å². The fraction of sp³-hybridized carbons (Fsp3) is 0.500. The third kappa shape index (κ3) is 5.70. The standard InChI is InChI=1S/C24H34N2/c1-16(2)22(15-25)20(10-11-23(26-9)24(6,7)8)14-21-18(4)12-17(3)13-19(21)5/h10-13,16H,14H2,1-9H3/b11-10-,22-20+,26-23+. The second-order valence-electron chi connectivity index (χ2n) is 8.45. The Hall–Kier alpha value is -2.14. The van der Waals surface area contributed by atoms with Gasteiger partial charge >= 0.3 is 0 Å². The first-order valence-corrected chi connectivity index (χ1v) is 9.36. The van der Waals surface area contributed by atoms with Gasteiger partial charge in [-0.3, -0.25) is 4.99 Å². The fourth-order valence-electron chi connectivity index (χ4n) is 3.33. The molecule has 0 fully saturated rings. The van der Waals surface area contributed by atoms with Crippen LogP contribution in [0.2, 0.25) is 0 Å². The van der Waals surface area contributed by atoms with Crippen LogP contribution in [0.25, 0.3) is 0 Å². The Morgan fingerprint density at radius 1 is 1.12 bits per heavy atom. The molecule has 0 bridgehead atoms. The van der Waals surface area contributed by atoms with Crippen LogP contribution in [0, 0.1) is 43.4 Å². The van der Waals surface area contributed by atoms with E-state index in [1.807, 2.05) is 7.05 Å². The Balaban J connectivity index is 3.45. The maximum Gasteiger partial charge on any atom is 0.0952 e. The van der Waals surface area contributed by atoms with Crippen LogP contribution in [-0.2, 0) is 6.42 Å². The lowest BCUT2D eigenvalue weighted by Crippen LogP contribution is -2.18. The molecule has 0 spiro atoms. The molecule has 0 aliphatic carbocycles. The molecule has 0 aliphatic rings. The minimum atomic E-state index is -0.0172. The summed E-state index contributed by atoms with van der Waals surface area (Å²) in [6.07, 6.45) is 4.95. The highest BCUT2D eigenvalue weighted by molar-refractivity contribution is 5.99. The minimum Gasteiger partial charge on any atom is -0.293 e. The molecule has 0 saturated heterocycles. The Labute approximate surface area is 160 Å². The van der Waals surface area contributed by atoms with Gasteiger partial charge in [-0.2, -0.15) is 5.26 Å². The quantitative estimate of drug-likeness (QED) is 0.348. The monoisotopic (exact) mass is 350 g/mol. The summed E-state index contributed by atoms with van der Waals surface area (Å²) in [7, 11) is 1.83. The first kappa shape index (κ1) is 21.9. The molecule has 0 heterocycles. The van der Waals surface area contributed by atoms with E-state index < -0.39 is 0 Å². The van der Waals surface area contributed by atoms with Crippen molar-refractivity contribution in [1.82, 2.24) is 0 Å². The zero-order chi connectivity index (χ0) is 20.1. The summed E-state index contributed by atoms with van der Waals surface area (Å²) in [6, 6.07) is 6.88. The molecule has 2 heteroatoms. The molecular formula is C24H34N2. The van der Waals surface area contributed by atoms with Gasteiger partial charge in [-0.1, -0.05) is 58.4 Å². The maximum atomic E-state index is 9.74. The van der Waals surface area contributed by atoms with Crippen LogP contribution in [0.15, 0.2) is 40.4 Å². The Bertz CT molecular complexity index is 752. The number of rotatable bonds is 5. The number of aliphatic imine (C=N–C) groups is 1. The van der Waals surface area contributed by atoms with E-state index in [0.717, 1.165) is 23.3 Å². The van der Waals surface area contributed by atoms with Gasteiger partial charge in [-0.05, 0) is 61.4 Å². The normalized spacial score (nSPS) is 14.0. The zero-order valence-corrected chi connectivity index (χ0v) is 18.0. The van der Waals surface area contributed by atoms with Gasteiger partial charge in [-0.25, -0.2) is 0 Å². The van der Waals surface area contributed by atoms with Gasteiger partial charge in [0.15, 0.2) is 0 Å². The van der Waals surface area contributed by atoms with Crippen molar-refractivity contribution in [2.75, 3.05) is 7.05 Å². The fourth-order valence-corrected chi connectivity index (χ4v) is 3.33. The highest BCUT2D eigenvalue weighted by Gasteiger charge is 2.17. The van der Waals surface area contributed by atoms with Gasteiger partial charge in [0.2, 0.25) is 0 Å². The number of nitriles is 1. The van der Waals surface area contributed by atoms with Crippen molar-refractivity contribution in [3.63, 3.8) is 0 Å². The molecule has 0 N–H and O–H groups in total. The van der Waals surface area contributed by atoms with E-state index in [0.29, 0.717) is 0 Å². The summed E-state index contributed by atoms with van der Waals surface area (Å²) < 4.78 is 0. The Morgan fingerprint density at radius 2 is 1.65 bits per heavy atom. The lowest BCUT2D eigenvalue weighted by molar-refractivity contribution is 0.593. The molecule has 140 valence electrons. The average Bonchev–Trinajstić information content (AvgIpc) is 2.49. The Morgan fingerprint density at radius 3 is 2.04 bits per heavy atom. The van der Waals surface area contributed by atoms with Crippen LogP contribution in [0.5, 0.6) is 0 Å². The van der Waals surface area contributed by atoms with Gasteiger partial charge in [0.1, 0.15) is 0 Å². The molecular weight excluding hydrogens is 316 g/mol. The van der Waals surface area contributed by atoms with Crippen molar-refractivity contribution in [2.45, 2.75) is 61.8 Å². The first-order valence-electron chi connectivity index (χ1n) is 9.36. The second-order valence-corrected chi connectivity index (χ2v) is 8.45. The third-order valence-electron chi connectivity index (χ3n) is 4.70. The molecule has 0 aromatic heterocycles. The van der Waals surface area contributed by atoms with E-state index in [1.165, 1.54) is 22.3 Å². The predicted octanol–water partition coefficient (Wildman–Crippen LogP) is 6.30. The van der Waals surface area contributed by atoms with E-state index in [2.05, 4.69) is 90.7 Å². The van der Waals surface area contributed by atoms with E-state index in [-0.39, 0.29) is 11.3 Å². The zero-order valence-electron chi connectivity index (χ0n) is 18.0. The largest absolute Gasteiger partial charge is 0.293 e. The molecule has 1 rings (SSSR count). The van der Waals surface area contributed by atoms with E-state index in [9.17, 15) is 5.26 Å². The van der Waals surface area contributed by atoms with Crippen LogP contribution in [0.3, 0.4) is 0 Å². The van der Waals surface area contributed by atoms with Crippen LogP contribution in [0.1, 0.15) is 56.9 Å². The summed E-state index contributed by atoms with van der Waals surface area (Å²) in [6.45, 7) is 17.1. The van der Waals surface area contributed by atoms with Crippen molar-refractivity contribution in [3.05, 3.63) is 57.7 Å². The van der Waals surface area contributed by atoms with Crippen molar-refractivity contribution in [3.8, 4) is 6.07 Å². The van der Waals surface area contributed by atoms with Crippen LogP contribution >= 0.6 is 0 Å².